The number of carbonyl (C=O) groups is 2. The molecule has 0 aliphatic carbocycles. The third kappa shape index (κ3) is 6.69. The summed E-state index contributed by atoms with van der Waals surface area (Å²) >= 11 is 12.5. The minimum Gasteiger partial charge on any atom is -0.494 e. The summed E-state index contributed by atoms with van der Waals surface area (Å²) in [6.07, 6.45) is -0.979. The quantitative estimate of drug-likeness (QED) is 0.315. The lowest BCUT2D eigenvalue weighted by Gasteiger charge is -2.28. The number of hydrogen-bond acceptors (Lipinski definition) is 7. The van der Waals surface area contributed by atoms with Crippen LogP contribution in [0.25, 0.3) is 0 Å². The largest absolute Gasteiger partial charge is 0.494 e. The minimum atomic E-state index is -1.83. The van der Waals surface area contributed by atoms with Crippen LogP contribution in [0.5, 0.6) is 5.75 Å². The van der Waals surface area contributed by atoms with Gasteiger partial charge in [-0.2, -0.15) is 0 Å². The molecule has 0 bridgehead atoms. The highest BCUT2D eigenvalue weighted by Gasteiger charge is 2.54. The topological polar surface area (TPSA) is 115 Å². The number of aliphatic hydroxyl groups excluding tert-OH is 1. The molecule has 1 aliphatic heterocycles. The number of carboxylic acids is 1. The van der Waals surface area contributed by atoms with Gasteiger partial charge in [-0.1, -0.05) is 29.3 Å². The van der Waals surface area contributed by atoms with E-state index in [4.69, 9.17) is 42.5 Å². The molecular formula is C26H29Cl2NO7. The number of hydrogen-bond donors (Lipinski definition) is 2. The van der Waals surface area contributed by atoms with Gasteiger partial charge >= 0.3 is 11.9 Å². The van der Waals surface area contributed by atoms with Crippen molar-refractivity contribution in [2.24, 2.45) is 4.99 Å². The van der Waals surface area contributed by atoms with Gasteiger partial charge in [0, 0.05) is 40.6 Å². The molecule has 3 rings (SSSR count). The Morgan fingerprint density at radius 2 is 1.83 bits per heavy atom. The van der Waals surface area contributed by atoms with Crippen molar-refractivity contribution < 1.29 is 34.0 Å². The molecule has 0 amide bonds. The highest BCUT2D eigenvalue weighted by molar-refractivity contribution is 6.35. The Bertz CT molecular complexity index is 1130. The van der Waals surface area contributed by atoms with E-state index in [1.54, 1.807) is 57.2 Å². The van der Waals surface area contributed by atoms with Gasteiger partial charge in [-0.15, -0.1) is 0 Å². The summed E-state index contributed by atoms with van der Waals surface area (Å²) in [5.41, 5.74) is -1.64. The highest BCUT2D eigenvalue weighted by atomic mass is 35.5. The average molecular weight is 538 g/mol. The second-order valence-corrected chi connectivity index (χ2v) is 10.2. The lowest BCUT2D eigenvalue weighted by Crippen LogP contribution is -2.41. The zero-order valence-electron chi connectivity index (χ0n) is 20.3. The minimum absolute atomic E-state index is 0.0257. The molecule has 36 heavy (non-hydrogen) atoms. The fourth-order valence-corrected chi connectivity index (χ4v) is 4.24. The maximum atomic E-state index is 12.7. The van der Waals surface area contributed by atoms with E-state index in [1.807, 2.05) is 0 Å². The van der Waals surface area contributed by atoms with Crippen molar-refractivity contribution >= 4 is 41.0 Å². The van der Waals surface area contributed by atoms with Gasteiger partial charge < -0.3 is 24.4 Å². The van der Waals surface area contributed by atoms with Crippen LogP contribution in [-0.2, 0) is 19.1 Å². The molecule has 8 nitrogen and oxygen atoms in total. The van der Waals surface area contributed by atoms with E-state index in [1.165, 1.54) is 6.07 Å². The molecule has 0 saturated carbocycles. The van der Waals surface area contributed by atoms with Gasteiger partial charge in [0.15, 0.2) is 6.10 Å². The Kier molecular flexibility index (Phi) is 8.87. The molecule has 2 atom stereocenters. The zero-order chi connectivity index (χ0) is 26.5. The number of rotatable bonds is 10. The van der Waals surface area contributed by atoms with Crippen molar-refractivity contribution in [3.63, 3.8) is 0 Å². The molecule has 0 saturated heterocycles. The Balaban J connectivity index is 1.97. The molecule has 1 aliphatic rings. The van der Waals surface area contributed by atoms with E-state index in [0.717, 1.165) is 0 Å². The summed E-state index contributed by atoms with van der Waals surface area (Å²) in [6, 6.07) is 11.5. The molecule has 2 N–H and O–H groups in total. The van der Waals surface area contributed by atoms with Crippen molar-refractivity contribution in [2.75, 3.05) is 13.2 Å². The van der Waals surface area contributed by atoms with Gasteiger partial charge in [0.2, 0.25) is 11.4 Å². The van der Waals surface area contributed by atoms with Crippen molar-refractivity contribution in [1.29, 1.82) is 0 Å². The number of ether oxygens (including phenoxy) is 3. The lowest BCUT2D eigenvalue weighted by atomic mass is 9.84. The number of carboxylic acid groups (broad SMARTS) is 1. The highest BCUT2D eigenvalue weighted by Crippen LogP contribution is 2.45. The SMILES string of the molecule is CC(C)(C)OC(=O)CC[C@@]1(C(=O)O)N=C(c2ccc(OCCCO)cc2)O[C@@H]1c1ccc(Cl)cc1Cl. The van der Waals surface area contributed by atoms with Gasteiger partial charge in [-0.3, -0.25) is 4.79 Å². The monoisotopic (exact) mass is 537 g/mol. The molecule has 0 aromatic heterocycles. The van der Waals surface area contributed by atoms with Gasteiger partial charge in [-0.05, 0) is 63.6 Å². The standard InChI is InChI=1S/C26H29Cl2NO7/c1-25(2,3)36-21(31)11-12-26(24(32)33)22(19-10-7-17(27)15-20(19)28)35-23(29-26)16-5-8-18(9-6-16)34-14-4-13-30/h5-10,15,22,30H,4,11-14H2,1-3H3,(H,32,33)/t22-,26-/m1/s1. The first-order chi connectivity index (χ1) is 16.9. The van der Waals surface area contributed by atoms with Crippen molar-refractivity contribution in [1.82, 2.24) is 0 Å². The fraction of sp³-hybridized carbons (Fsp3) is 0.423. The molecule has 0 radical (unpaired) electrons. The third-order valence-corrected chi connectivity index (χ3v) is 5.94. The predicted octanol–water partition coefficient (Wildman–Crippen LogP) is 5.22. The van der Waals surface area contributed by atoms with E-state index >= 15 is 0 Å². The Morgan fingerprint density at radius 1 is 1.14 bits per heavy atom. The number of aliphatic carboxylic acids is 1. The van der Waals surface area contributed by atoms with E-state index in [0.29, 0.717) is 34.9 Å². The van der Waals surface area contributed by atoms with Crippen LogP contribution in [0.15, 0.2) is 47.5 Å². The first-order valence-corrected chi connectivity index (χ1v) is 12.2. The fourth-order valence-electron chi connectivity index (χ4n) is 3.73. The smallest absolute Gasteiger partial charge is 0.336 e. The van der Waals surface area contributed by atoms with Crippen molar-refractivity contribution in [2.45, 2.75) is 57.3 Å². The van der Waals surface area contributed by atoms with Crippen LogP contribution in [-0.4, -0.2) is 52.4 Å². The van der Waals surface area contributed by atoms with Gasteiger partial charge in [-0.25, -0.2) is 9.79 Å². The number of esters is 1. The van der Waals surface area contributed by atoms with E-state index in [2.05, 4.69) is 4.99 Å². The second-order valence-electron chi connectivity index (χ2n) is 9.35. The number of nitrogens with zero attached hydrogens (tertiary/aromatic N) is 1. The zero-order valence-corrected chi connectivity index (χ0v) is 21.8. The van der Waals surface area contributed by atoms with E-state index in [9.17, 15) is 14.7 Å². The first kappa shape index (κ1) is 27.8. The van der Waals surface area contributed by atoms with Gasteiger partial charge in [0.1, 0.15) is 11.4 Å². The van der Waals surface area contributed by atoms with Crippen LogP contribution in [0.3, 0.4) is 0 Å². The van der Waals surface area contributed by atoms with Crippen LogP contribution in [0.1, 0.15) is 57.3 Å². The molecule has 0 fully saturated rings. The Morgan fingerprint density at radius 3 is 2.42 bits per heavy atom. The molecule has 0 spiro atoms. The Hall–Kier alpha value is -2.81. The summed E-state index contributed by atoms with van der Waals surface area (Å²) in [5.74, 6) is -1.13. The first-order valence-electron chi connectivity index (χ1n) is 11.5. The summed E-state index contributed by atoms with van der Waals surface area (Å²) in [7, 11) is 0. The van der Waals surface area contributed by atoms with Gasteiger partial charge in [0.05, 0.1) is 6.61 Å². The van der Waals surface area contributed by atoms with Crippen molar-refractivity contribution in [3.8, 4) is 5.75 Å². The molecule has 1 heterocycles. The Labute approximate surface area is 219 Å². The van der Waals surface area contributed by atoms with Crippen LogP contribution < -0.4 is 4.74 Å². The molecule has 2 aromatic rings. The second kappa shape index (κ2) is 11.5. The van der Waals surface area contributed by atoms with E-state index in [-0.39, 0.29) is 30.4 Å². The maximum Gasteiger partial charge on any atom is 0.336 e. The summed E-state index contributed by atoms with van der Waals surface area (Å²) < 4.78 is 17.0. The van der Waals surface area contributed by atoms with Crippen LogP contribution in [0.4, 0.5) is 0 Å². The van der Waals surface area contributed by atoms with Gasteiger partial charge in [0.25, 0.3) is 0 Å². The molecule has 10 heteroatoms. The predicted molar refractivity (Wildman–Crippen MR) is 136 cm³/mol. The summed E-state index contributed by atoms with van der Waals surface area (Å²) in [4.78, 5) is 29.7. The number of benzene rings is 2. The molecular weight excluding hydrogens is 509 g/mol. The van der Waals surface area contributed by atoms with Crippen LogP contribution in [0, 0.1) is 0 Å². The molecule has 2 aromatic carbocycles. The van der Waals surface area contributed by atoms with Crippen LogP contribution >= 0.6 is 23.2 Å². The van der Waals surface area contributed by atoms with Crippen molar-refractivity contribution in [3.05, 3.63) is 63.6 Å². The molecule has 194 valence electrons. The maximum absolute atomic E-state index is 12.7. The van der Waals surface area contributed by atoms with E-state index < -0.39 is 29.2 Å². The number of carbonyl (C=O) groups excluding carboxylic acids is 1. The molecule has 0 unspecified atom stereocenters. The lowest BCUT2D eigenvalue weighted by molar-refractivity contribution is -0.156. The van der Waals surface area contributed by atoms with Crippen LogP contribution in [0.2, 0.25) is 10.0 Å². The number of aliphatic hydroxyl groups is 1. The third-order valence-electron chi connectivity index (χ3n) is 5.38. The number of aliphatic imine (C=N–C) groups is 1. The number of halogens is 2. The normalized spacial score (nSPS) is 19.4. The summed E-state index contributed by atoms with van der Waals surface area (Å²) in [5, 5.41) is 19.9. The summed E-state index contributed by atoms with van der Waals surface area (Å²) in [6.45, 7) is 5.59. The average Bonchev–Trinajstić information content (AvgIpc) is 3.18.